The van der Waals surface area contributed by atoms with Gasteiger partial charge >= 0.3 is 0 Å². The Bertz CT molecular complexity index is 73.7. The van der Waals surface area contributed by atoms with E-state index in [1.54, 1.807) is 13.8 Å². The Kier molecular flexibility index (Phi) is 5.04. The van der Waals surface area contributed by atoms with Gasteiger partial charge in [0.1, 0.15) is 0 Å². The van der Waals surface area contributed by atoms with Crippen molar-refractivity contribution in [2.75, 3.05) is 0 Å². The van der Waals surface area contributed by atoms with Crippen molar-refractivity contribution in [1.82, 2.24) is 0 Å². The van der Waals surface area contributed by atoms with Crippen LogP contribution in [0.1, 0.15) is 26.7 Å². The second-order valence-corrected chi connectivity index (χ2v) is 3.38. The van der Waals surface area contributed by atoms with Crippen LogP contribution in [0, 0.1) is 0 Å². The van der Waals surface area contributed by atoms with Gasteiger partial charge in [-0.05, 0) is 26.7 Å². The molecule has 0 spiro atoms. The van der Waals surface area contributed by atoms with Gasteiger partial charge in [0.05, 0.1) is 12.2 Å². The Morgan fingerprint density at radius 3 is 1.60 bits per heavy atom. The summed E-state index contributed by atoms with van der Waals surface area (Å²) in [6, 6.07) is 0. The molecule has 0 saturated heterocycles. The number of rotatable bonds is 4. The fraction of sp³-hybridized carbons (Fsp3) is 1.00. The summed E-state index contributed by atoms with van der Waals surface area (Å²) in [5.41, 5.74) is 0. The molecule has 0 aromatic rings. The first-order valence-electron chi connectivity index (χ1n) is 3.52. The number of hydrogen-bond acceptors (Lipinski definition) is 2. The molecular formula is C7H15ClO2. The minimum absolute atomic E-state index is 0.111. The maximum atomic E-state index is 8.87. The lowest BCUT2D eigenvalue weighted by Gasteiger charge is -2.12. The van der Waals surface area contributed by atoms with Gasteiger partial charge in [0, 0.05) is 5.38 Å². The minimum Gasteiger partial charge on any atom is -0.393 e. The molecule has 0 bridgehead atoms. The fourth-order valence-corrected chi connectivity index (χ4v) is 1.35. The molecule has 2 N–H and O–H groups in total. The van der Waals surface area contributed by atoms with E-state index in [1.165, 1.54) is 0 Å². The molecule has 0 radical (unpaired) electrons. The number of halogens is 1. The maximum Gasteiger partial charge on any atom is 0.0526 e. The minimum atomic E-state index is -0.374. The molecule has 0 aliphatic heterocycles. The zero-order valence-corrected chi connectivity index (χ0v) is 7.17. The fourth-order valence-electron chi connectivity index (χ4n) is 0.836. The molecular weight excluding hydrogens is 152 g/mol. The summed E-state index contributed by atoms with van der Waals surface area (Å²) in [5.74, 6) is 0. The Labute approximate surface area is 66.8 Å². The predicted octanol–water partition coefficient (Wildman–Crippen LogP) is 1.14. The van der Waals surface area contributed by atoms with Crippen molar-refractivity contribution in [2.24, 2.45) is 0 Å². The highest BCUT2D eigenvalue weighted by atomic mass is 35.5. The van der Waals surface area contributed by atoms with Crippen molar-refractivity contribution in [1.29, 1.82) is 0 Å². The standard InChI is InChI=1S/C7H15ClO2/c1-5(9)3-7(8)4-6(2)10/h5-7,9-10H,3-4H2,1-2H3. The highest BCUT2D eigenvalue weighted by Crippen LogP contribution is 2.11. The topological polar surface area (TPSA) is 40.5 Å². The molecule has 0 aliphatic carbocycles. The second kappa shape index (κ2) is 4.94. The van der Waals surface area contributed by atoms with E-state index in [9.17, 15) is 0 Å². The largest absolute Gasteiger partial charge is 0.393 e. The summed E-state index contributed by atoms with van der Waals surface area (Å²) in [7, 11) is 0. The molecule has 0 aromatic heterocycles. The molecule has 2 atom stereocenters. The Morgan fingerprint density at radius 1 is 1.10 bits per heavy atom. The van der Waals surface area contributed by atoms with Crippen LogP contribution in [0.5, 0.6) is 0 Å². The molecule has 0 aliphatic rings. The van der Waals surface area contributed by atoms with E-state index in [1.807, 2.05) is 0 Å². The lowest BCUT2D eigenvalue weighted by molar-refractivity contribution is 0.155. The van der Waals surface area contributed by atoms with Crippen LogP contribution < -0.4 is 0 Å². The first-order chi connectivity index (χ1) is 4.52. The van der Waals surface area contributed by atoms with Crippen LogP contribution in [0.3, 0.4) is 0 Å². The van der Waals surface area contributed by atoms with E-state index < -0.39 is 0 Å². The predicted molar refractivity (Wildman–Crippen MR) is 42.2 cm³/mol. The number of aliphatic hydroxyl groups excluding tert-OH is 2. The Hall–Kier alpha value is 0.210. The molecule has 3 heteroatoms. The molecule has 0 rings (SSSR count). The molecule has 10 heavy (non-hydrogen) atoms. The number of hydrogen-bond donors (Lipinski definition) is 2. The van der Waals surface area contributed by atoms with Crippen molar-refractivity contribution < 1.29 is 10.2 Å². The first-order valence-corrected chi connectivity index (χ1v) is 3.96. The molecule has 0 aromatic carbocycles. The van der Waals surface area contributed by atoms with E-state index in [4.69, 9.17) is 21.8 Å². The van der Waals surface area contributed by atoms with Crippen molar-refractivity contribution in [3.63, 3.8) is 0 Å². The molecule has 0 amide bonds. The summed E-state index contributed by atoms with van der Waals surface area (Å²) in [6.45, 7) is 3.38. The zero-order chi connectivity index (χ0) is 8.15. The van der Waals surface area contributed by atoms with E-state index in [2.05, 4.69) is 0 Å². The van der Waals surface area contributed by atoms with Gasteiger partial charge in [-0.3, -0.25) is 0 Å². The molecule has 0 saturated carbocycles. The molecule has 62 valence electrons. The lowest BCUT2D eigenvalue weighted by atomic mass is 10.1. The Balaban J connectivity index is 3.34. The van der Waals surface area contributed by atoms with Crippen LogP contribution in [-0.4, -0.2) is 27.8 Å². The molecule has 0 heterocycles. The third-order valence-corrected chi connectivity index (χ3v) is 1.55. The maximum absolute atomic E-state index is 8.87. The van der Waals surface area contributed by atoms with Gasteiger partial charge in [0.15, 0.2) is 0 Å². The summed E-state index contributed by atoms with van der Waals surface area (Å²) >= 11 is 5.75. The molecule has 2 unspecified atom stereocenters. The quantitative estimate of drug-likeness (QED) is 0.615. The van der Waals surface area contributed by atoms with Crippen LogP contribution in [-0.2, 0) is 0 Å². The smallest absolute Gasteiger partial charge is 0.0526 e. The zero-order valence-electron chi connectivity index (χ0n) is 6.42. The van der Waals surface area contributed by atoms with Gasteiger partial charge in [-0.15, -0.1) is 11.6 Å². The summed E-state index contributed by atoms with van der Waals surface area (Å²) in [5, 5.41) is 17.6. The van der Waals surface area contributed by atoms with Crippen LogP contribution in [0.25, 0.3) is 0 Å². The SMILES string of the molecule is CC(O)CC(Cl)CC(C)O. The van der Waals surface area contributed by atoms with Crippen LogP contribution in [0.4, 0.5) is 0 Å². The van der Waals surface area contributed by atoms with Gasteiger partial charge < -0.3 is 10.2 Å². The van der Waals surface area contributed by atoms with E-state index in [0.717, 1.165) is 0 Å². The van der Waals surface area contributed by atoms with Crippen LogP contribution in [0.2, 0.25) is 0 Å². The third-order valence-electron chi connectivity index (χ3n) is 1.19. The van der Waals surface area contributed by atoms with Crippen molar-refractivity contribution in [2.45, 2.75) is 44.3 Å². The van der Waals surface area contributed by atoms with Gasteiger partial charge in [-0.1, -0.05) is 0 Å². The third kappa shape index (κ3) is 6.33. The lowest BCUT2D eigenvalue weighted by Crippen LogP contribution is -2.15. The first kappa shape index (κ1) is 10.2. The summed E-state index contributed by atoms with van der Waals surface area (Å²) in [4.78, 5) is 0. The van der Waals surface area contributed by atoms with Gasteiger partial charge in [-0.25, -0.2) is 0 Å². The summed E-state index contributed by atoms with van der Waals surface area (Å²) < 4.78 is 0. The highest BCUT2D eigenvalue weighted by molar-refractivity contribution is 6.20. The van der Waals surface area contributed by atoms with E-state index >= 15 is 0 Å². The van der Waals surface area contributed by atoms with Crippen LogP contribution in [0.15, 0.2) is 0 Å². The van der Waals surface area contributed by atoms with Gasteiger partial charge in [0.25, 0.3) is 0 Å². The van der Waals surface area contributed by atoms with Crippen molar-refractivity contribution >= 4 is 11.6 Å². The number of aliphatic hydroxyl groups is 2. The van der Waals surface area contributed by atoms with Crippen LogP contribution >= 0.6 is 11.6 Å². The highest BCUT2D eigenvalue weighted by Gasteiger charge is 2.10. The van der Waals surface area contributed by atoms with Crippen molar-refractivity contribution in [3.8, 4) is 0 Å². The van der Waals surface area contributed by atoms with E-state index in [-0.39, 0.29) is 17.6 Å². The van der Waals surface area contributed by atoms with Crippen molar-refractivity contribution in [3.05, 3.63) is 0 Å². The number of alkyl halides is 1. The average Bonchev–Trinajstić information content (AvgIpc) is 1.58. The average molecular weight is 167 g/mol. The summed E-state index contributed by atoms with van der Waals surface area (Å²) in [6.07, 6.45) is 0.348. The van der Waals surface area contributed by atoms with E-state index in [0.29, 0.717) is 12.8 Å². The molecule has 0 fully saturated rings. The Morgan fingerprint density at radius 2 is 1.40 bits per heavy atom. The molecule has 2 nitrogen and oxygen atoms in total. The second-order valence-electron chi connectivity index (χ2n) is 2.77. The monoisotopic (exact) mass is 166 g/mol. The van der Waals surface area contributed by atoms with Gasteiger partial charge in [-0.2, -0.15) is 0 Å². The van der Waals surface area contributed by atoms with Gasteiger partial charge in [0.2, 0.25) is 0 Å². The normalized spacial score (nSPS) is 20.1.